The summed E-state index contributed by atoms with van der Waals surface area (Å²) in [6.45, 7) is 1.86. The second-order valence-corrected chi connectivity index (χ2v) is 5.76. The predicted molar refractivity (Wildman–Crippen MR) is 90.3 cm³/mol. The van der Waals surface area contributed by atoms with Gasteiger partial charge < -0.3 is 4.74 Å². The summed E-state index contributed by atoms with van der Waals surface area (Å²) in [7, 11) is 0. The molecule has 3 rings (SSSR count). The molecule has 6 heteroatoms. The molecular weight excluding hydrogens is 304 g/mol. The van der Waals surface area contributed by atoms with Crippen molar-refractivity contribution in [1.82, 2.24) is 4.90 Å². The molecule has 1 heterocycles. The summed E-state index contributed by atoms with van der Waals surface area (Å²) < 4.78 is 5.59. The van der Waals surface area contributed by atoms with Gasteiger partial charge >= 0.3 is 5.97 Å². The average Bonchev–Trinajstić information content (AvgIpc) is 2.98. The van der Waals surface area contributed by atoms with Crippen molar-refractivity contribution in [1.29, 1.82) is 0 Å². The Hall–Kier alpha value is -2.82. The van der Waals surface area contributed by atoms with Crippen LogP contribution in [0.2, 0.25) is 0 Å². The van der Waals surface area contributed by atoms with E-state index in [0.717, 1.165) is 6.54 Å². The molecule has 0 bridgehead atoms. The normalized spacial score (nSPS) is 20.3. The van der Waals surface area contributed by atoms with Gasteiger partial charge in [-0.2, -0.15) is 0 Å². The molecule has 2 aromatic carbocycles. The van der Waals surface area contributed by atoms with Gasteiger partial charge in [-0.05, 0) is 23.2 Å². The molecular formula is C18H18N4O2. The zero-order valence-corrected chi connectivity index (χ0v) is 13.2. The molecule has 0 unspecified atom stereocenters. The van der Waals surface area contributed by atoms with E-state index < -0.39 is 6.10 Å². The standard InChI is InChI=1S/C18H18N4O2/c19-21-20-16-12-22(11-14-7-3-1-4-8-14)13-17(16)24-18(23)15-9-5-2-6-10-15/h1-10,16-17H,11-13H2/t16-,17+/m1/s1. The monoisotopic (exact) mass is 322 g/mol. The Morgan fingerprint density at radius 3 is 2.46 bits per heavy atom. The predicted octanol–water partition coefficient (Wildman–Crippen LogP) is 3.41. The third-order valence-corrected chi connectivity index (χ3v) is 4.03. The van der Waals surface area contributed by atoms with Crippen molar-refractivity contribution in [3.8, 4) is 0 Å². The summed E-state index contributed by atoms with van der Waals surface area (Å²) in [5.74, 6) is -0.389. The van der Waals surface area contributed by atoms with Gasteiger partial charge in [0.1, 0.15) is 6.10 Å². The molecule has 1 aliphatic rings. The number of nitrogens with zero attached hydrogens (tertiary/aromatic N) is 4. The first-order chi connectivity index (χ1) is 11.8. The Balaban J connectivity index is 1.67. The molecule has 24 heavy (non-hydrogen) atoms. The fraction of sp³-hybridized carbons (Fsp3) is 0.278. The molecule has 2 aromatic rings. The molecule has 1 saturated heterocycles. The summed E-state index contributed by atoms with van der Waals surface area (Å²) >= 11 is 0. The van der Waals surface area contributed by atoms with E-state index in [1.54, 1.807) is 24.3 Å². The molecule has 0 N–H and O–H groups in total. The molecule has 6 nitrogen and oxygen atoms in total. The van der Waals surface area contributed by atoms with Gasteiger partial charge in [0.25, 0.3) is 0 Å². The first-order valence-corrected chi connectivity index (χ1v) is 7.83. The third-order valence-electron chi connectivity index (χ3n) is 4.03. The fourth-order valence-corrected chi connectivity index (χ4v) is 2.88. The number of azide groups is 1. The highest BCUT2D eigenvalue weighted by Crippen LogP contribution is 2.20. The van der Waals surface area contributed by atoms with Crippen molar-refractivity contribution < 1.29 is 9.53 Å². The van der Waals surface area contributed by atoms with Crippen LogP contribution >= 0.6 is 0 Å². The van der Waals surface area contributed by atoms with Crippen LogP contribution in [-0.4, -0.2) is 36.1 Å². The number of hydrogen-bond acceptors (Lipinski definition) is 4. The molecule has 1 fully saturated rings. The van der Waals surface area contributed by atoms with Gasteiger partial charge in [0, 0.05) is 24.5 Å². The Kier molecular flexibility index (Phi) is 5.11. The van der Waals surface area contributed by atoms with Crippen LogP contribution in [0.1, 0.15) is 15.9 Å². The fourth-order valence-electron chi connectivity index (χ4n) is 2.88. The van der Waals surface area contributed by atoms with Crippen LogP contribution in [0.3, 0.4) is 0 Å². The van der Waals surface area contributed by atoms with Gasteiger partial charge in [-0.3, -0.25) is 4.90 Å². The summed E-state index contributed by atoms with van der Waals surface area (Å²) in [6, 6.07) is 18.5. The van der Waals surface area contributed by atoms with Crippen LogP contribution < -0.4 is 0 Å². The maximum Gasteiger partial charge on any atom is 0.338 e. The third kappa shape index (κ3) is 3.93. The largest absolute Gasteiger partial charge is 0.457 e. The van der Waals surface area contributed by atoms with E-state index in [1.165, 1.54) is 5.56 Å². The van der Waals surface area contributed by atoms with Gasteiger partial charge in [0.05, 0.1) is 11.6 Å². The molecule has 0 radical (unpaired) electrons. The number of rotatable bonds is 5. The van der Waals surface area contributed by atoms with Crippen LogP contribution in [-0.2, 0) is 11.3 Å². The van der Waals surface area contributed by atoms with Crippen LogP contribution in [0, 0.1) is 0 Å². The number of carbonyl (C=O) groups is 1. The minimum atomic E-state index is -0.433. The lowest BCUT2D eigenvalue weighted by molar-refractivity contribution is 0.0293. The summed E-state index contributed by atoms with van der Waals surface area (Å²) in [4.78, 5) is 17.3. The summed E-state index contributed by atoms with van der Waals surface area (Å²) in [5, 5.41) is 3.81. The molecule has 0 aliphatic carbocycles. The molecule has 122 valence electrons. The Morgan fingerprint density at radius 1 is 1.12 bits per heavy atom. The first-order valence-electron chi connectivity index (χ1n) is 7.83. The molecule has 0 spiro atoms. The molecule has 0 saturated carbocycles. The SMILES string of the molecule is [N-]=[N+]=N[C@@H]1CN(Cc2ccccc2)C[C@@H]1OC(=O)c1ccccc1. The maximum atomic E-state index is 12.2. The minimum absolute atomic E-state index is 0.369. The van der Waals surface area contributed by atoms with Crippen molar-refractivity contribution in [2.45, 2.75) is 18.7 Å². The summed E-state index contributed by atoms with van der Waals surface area (Å²) in [6.07, 6.45) is -0.433. The van der Waals surface area contributed by atoms with Gasteiger partial charge in [0.15, 0.2) is 0 Å². The molecule has 0 aromatic heterocycles. The van der Waals surface area contributed by atoms with Crippen LogP contribution in [0.25, 0.3) is 10.4 Å². The van der Waals surface area contributed by atoms with Crippen molar-refractivity contribution >= 4 is 5.97 Å². The number of likely N-dealkylation sites (tertiary alicyclic amines) is 1. The van der Waals surface area contributed by atoms with Gasteiger partial charge in [0.2, 0.25) is 0 Å². The number of hydrogen-bond donors (Lipinski definition) is 0. The zero-order chi connectivity index (χ0) is 16.8. The Bertz CT molecular complexity index is 729. The number of carbonyl (C=O) groups excluding carboxylic acids is 1. The molecule has 2 atom stereocenters. The van der Waals surface area contributed by atoms with Gasteiger partial charge in [-0.15, -0.1) is 0 Å². The summed E-state index contributed by atoms with van der Waals surface area (Å²) in [5.41, 5.74) is 10.4. The Labute approximate surface area is 140 Å². The highest BCUT2D eigenvalue weighted by Gasteiger charge is 2.35. The van der Waals surface area contributed by atoms with E-state index in [4.69, 9.17) is 10.3 Å². The van der Waals surface area contributed by atoms with Gasteiger partial charge in [-0.1, -0.05) is 53.6 Å². The molecule has 1 aliphatic heterocycles. The van der Waals surface area contributed by atoms with E-state index in [0.29, 0.717) is 18.7 Å². The van der Waals surface area contributed by atoms with Crippen LogP contribution in [0.5, 0.6) is 0 Å². The number of benzene rings is 2. The lowest BCUT2D eigenvalue weighted by Crippen LogP contribution is -2.28. The van der Waals surface area contributed by atoms with Crippen molar-refractivity contribution in [2.24, 2.45) is 5.11 Å². The lowest BCUT2D eigenvalue weighted by Gasteiger charge is -2.16. The van der Waals surface area contributed by atoms with E-state index in [9.17, 15) is 4.79 Å². The highest BCUT2D eigenvalue weighted by atomic mass is 16.5. The molecule has 0 amide bonds. The lowest BCUT2D eigenvalue weighted by atomic mass is 10.2. The minimum Gasteiger partial charge on any atom is -0.457 e. The van der Waals surface area contributed by atoms with E-state index >= 15 is 0 Å². The topological polar surface area (TPSA) is 78.3 Å². The van der Waals surface area contributed by atoms with Crippen LogP contribution in [0.4, 0.5) is 0 Å². The smallest absolute Gasteiger partial charge is 0.338 e. The maximum absolute atomic E-state index is 12.2. The van der Waals surface area contributed by atoms with Gasteiger partial charge in [-0.25, -0.2) is 4.79 Å². The average molecular weight is 322 g/mol. The van der Waals surface area contributed by atoms with Crippen molar-refractivity contribution in [2.75, 3.05) is 13.1 Å². The number of esters is 1. The van der Waals surface area contributed by atoms with E-state index in [1.807, 2.05) is 36.4 Å². The van der Waals surface area contributed by atoms with E-state index in [-0.39, 0.29) is 12.0 Å². The van der Waals surface area contributed by atoms with E-state index in [2.05, 4.69) is 14.9 Å². The second kappa shape index (κ2) is 7.64. The highest BCUT2D eigenvalue weighted by molar-refractivity contribution is 5.89. The number of ether oxygens (including phenoxy) is 1. The first kappa shape index (κ1) is 16.1. The van der Waals surface area contributed by atoms with Crippen molar-refractivity contribution in [3.63, 3.8) is 0 Å². The quantitative estimate of drug-likeness (QED) is 0.366. The van der Waals surface area contributed by atoms with Crippen molar-refractivity contribution in [3.05, 3.63) is 82.2 Å². The van der Waals surface area contributed by atoms with Crippen LogP contribution in [0.15, 0.2) is 65.8 Å². The Morgan fingerprint density at radius 2 is 1.79 bits per heavy atom. The zero-order valence-electron chi connectivity index (χ0n) is 13.2. The second-order valence-electron chi connectivity index (χ2n) is 5.76.